The van der Waals surface area contributed by atoms with Crippen LogP contribution in [0.1, 0.15) is 12.8 Å². The van der Waals surface area contributed by atoms with Gasteiger partial charge in [0, 0.05) is 12.8 Å². The van der Waals surface area contributed by atoms with Crippen molar-refractivity contribution in [2.75, 3.05) is 19.8 Å². The molecule has 6 heteroatoms. The summed E-state index contributed by atoms with van der Waals surface area (Å²) in [5, 5.41) is 18.4. The molecule has 0 spiro atoms. The number of carboxylic acid groups (broad SMARTS) is 1. The van der Waals surface area contributed by atoms with Crippen LogP contribution in [0.3, 0.4) is 0 Å². The zero-order chi connectivity index (χ0) is 12.4. The lowest BCUT2D eigenvalue weighted by molar-refractivity contribution is -0.143. The van der Waals surface area contributed by atoms with Gasteiger partial charge in [-0.15, -0.1) is 0 Å². The lowest BCUT2D eigenvalue weighted by atomic mass is 9.98. The molecule has 92 valence electrons. The van der Waals surface area contributed by atoms with E-state index in [1.807, 2.05) is 0 Å². The molecular formula is C10H18FN3O2. The van der Waals surface area contributed by atoms with Crippen LogP contribution in [0.15, 0.2) is 12.2 Å². The van der Waals surface area contributed by atoms with E-state index in [4.69, 9.17) is 16.2 Å². The van der Waals surface area contributed by atoms with E-state index < -0.39 is 18.2 Å². The van der Waals surface area contributed by atoms with E-state index in [0.29, 0.717) is 19.5 Å². The van der Waals surface area contributed by atoms with Gasteiger partial charge in [-0.1, -0.05) is 12.2 Å². The standard InChI is InChI=1S/C10H18FN3O2/c11-8-10(13,9(15)16)4-2-1-3-6-14-7-5-12/h1-2,5,12,14H,3-4,6-8,13H2,(H,15,16)/b2-1-,12-5?/t10-/m1/s1. The first kappa shape index (κ1) is 14.7. The summed E-state index contributed by atoms with van der Waals surface area (Å²) < 4.78 is 12.4. The maximum Gasteiger partial charge on any atom is 0.326 e. The zero-order valence-corrected chi connectivity index (χ0v) is 9.08. The molecule has 0 saturated heterocycles. The topological polar surface area (TPSA) is 99.2 Å². The predicted molar refractivity (Wildman–Crippen MR) is 60.6 cm³/mol. The fraction of sp³-hybridized carbons (Fsp3) is 0.600. The Morgan fingerprint density at radius 3 is 2.75 bits per heavy atom. The lowest BCUT2D eigenvalue weighted by Gasteiger charge is -2.18. The van der Waals surface area contributed by atoms with Gasteiger partial charge in [-0.05, 0) is 19.4 Å². The van der Waals surface area contributed by atoms with Gasteiger partial charge >= 0.3 is 5.97 Å². The van der Waals surface area contributed by atoms with Crippen molar-refractivity contribution in [3.8, 4) is 0 Å². The number of rotatable bonds is 9. The molecule has 16 heavy (non-hydrogen) atoms. The zero-order valence-electron chi connectivity index (χ0n) is 9.08. The van der Waals surface area contributed by atoms with Gasteiger partial charge in [0.1, 0.15) is 12.2 Å². The number of halogens is 1. The Hall–Kier alpha value is -1.27. The maximum atomic E-state index is 12.4. The van der Waals surface area contributed by atoms with Crippen LogP contribution in [0.4, 0.5) is 4.39 Å². The molecule has 0 unspecified atom stereocenters. The summed E-state index contributed by atoms with van der Waals surface area (Å²) in [5.41, 5.74) is 3.52. The minimum absolute atomic E-state index is 0.0244. The molecule has 0 fully saturated rings. The lowest BCUT2D eigenvalue weighted by Crippen LogP contribution is -2.49. The summed E-state index contributed by atoms with van der Waals surface area (Å²) in [6.45, 7) is 0.110. The van der Waals surface area contributed by atoms with Crippen LogP contribution >= 0.6 is 0 Å². The number of alkyl halides is 1. The average molecular weight is 231 g/mol. The van der Waals surface area contributed by atoms with Gasteiger partial charge < -0.3 is 21.6 Å². The minimum atomic E-state index is -1.81. The number of carbonyl (C=O) groups is 1. The number of hydrogen-bond acceptors (Lipinski definition) is 4. The van der Waals surface area contributed by atoms with E-state index in [1.54, 1.807) is 12.2 Å². The number of carboxylic acids is 1. The SMILES string of the molecule is N=CCNCC/C=C\C[C@@](N)(CF)C(=O)O. The molecule has 0 amide bonds. The van der Waals surface area contributed by atoms with E-state index in [0.717, 1.165) is 0 Å². The summed E-state index contributed by atoms with van der Waals surface area (Å²) in [6, 6.07) is 0. The average Bonchev–Trinajstić information content (AvgIpc) is 2.27. The molecule has 0 aromatic rings. The van der Waals surface area contributed by atoms with Crippen LogP contribution in [0.2, 0.25) is 0 Å². The first-order valence-corrected chi connectivity index (χ1v) is 4.99. The molecule has 5 nitrogen and oxygen atoms in total. The Balaban J connectivity index is 3.80. The van der Waals surface area contributed by atoms with Crippen LogP contribution < -0.4 is 11.1 Å². The van der Waals surface area contributed by atoms with Crippen LogP contribution in [0, 0.1) is 5.41 Å². The van der Waals surface area contributed by atoms with Crippen molar-refractivity contribution in [1.29, 1.82) is 5.41 Å². The second kappa shape index (κ2) is 7.95. The number of hydrogen-bond donors (Lipinski definition) is 4. The monoisotopic (exact) mass is 231 g/mol. The van der Waals surface area contributed by atoms with Crippen molar-refractivity contribution in [2.24, 2.45) is 5.73 Å². The molecule has 0 saturated carbocycles. The Bertz CT molecular complexity index is 258. The molecule has 0 radical (unpaired) electrons. The van der Waals surface area contributed by atoms with Gasteiger partial charge in [-0.3, -0.25) is 4.79 Å². The Morgan fingerprint density at radius 1 is 1.56 bits per heavy atom. The van der Waals surface area contributed by atoms with Crippen molar-refractivity contribution in [2.45, 2.75) is 18.4 Å². The summed E-state index contributed by atoms with van der Waals surface area (Å²) in [6.07, 6.45) is 5.23. The van der Waals surface area contributed by atoms with Crippen molar-refractivity contribution in [1.82, 2.24) is 5.32 Å². The third-order valence-corrected chi connectivity index (χ3v) is 2.05. The quantitative estimate of drug-likeness (QED) is 0.261. The number of nitrogens with two attached hydrogens (primary N) is 1. The largest absolute Gasteiger partial charge is 0.480 e. The maximum absolute atomic E-state index is 12.4. The van der Waals surface area contributed by atoms with Gasteiger partial charge in [0.15, 0.2) is 0 Å². The molecule has 0 aromatic carbocycles. The van der Waals surface area contributed by atoms with Crippen molar-refractivity contribution >= 4 is 12.2 Å². The van der Waals surface area contributed by atoms with Gasteiger partial charge in [0.2, 0.25) is 0 Å². The minimum Gasteiger partial charge on any atom is -0.480 e. The highest BCUT2D eigenvalue weighted by Crippen LogP contribution is 2.09. The molecule has 0 aliphatic carbocycles. The van der Waals surface area contributed by atoms with Gasteiger partial charge in [0.05, 0.1) is 0 Å². The normalized spacial score (nSPS) is 14.9. The van der Waals surface area contributed by atoms with Crippen LogP contribution in [0.25, 0.3) is 0 Å². The number of nitrogens with one attached hydrogen (secondary N) is 2. The Kier molecular flexibility index (Phi) is 7.32. The molecule has 0 aromatic heterocycles. The van der Waals surface area contributed by atoms with Crippen LogP contribution in [0.5, 0.6) is 0 Å². The summed E-state index contributed by atoms with van der Waals surface area (Å²) in [7, 11) is 0. The summed E-state index contributed by atoms with van der Waals surface area (Å²) in [4.78, 5) is 10.6. The third kappa shape index (κ3) is 5.57. The first-order valence-electron chi connectivity index (χ1n) is 4.99. The van der Waals surface area contributed by atoms with E-state index in [-0.39, 0.29) is 6.42 Å². The van der Waals surface area contributed by atoms with Gasteiger partial charge in [-0.2, -0.15) is 0 Å². The van der Waals surface area contributed by atoms with E-state index in [9.17, 15) is 9.18 Å². The van der Waals surface area contributed by atoms with E-state index in [1.165, 1.54) is 6.21 Å². The van der Waals surface area contributed by atoms with Crippen LogP contribution in [-0.4, -0.2) is 42.6 Å². The second-order valence-corrected chi connectivity index (χ2v) is 3.47. The van der Waals surface area contributed by atoms with Gasteiger partial charge in [0.25, 0.3) is 0 Å². The van der Waals surface area contributed by atoms with Crippen molar-refractivity contribution in [3.05, 3.63) is 12.2 Å². The van der Waals surface area contributed by atoms with E-state index >= 15 is 0 Å². The fourth-order valence-corrected chi connectivity index (χ4v) is 0.970. The van der Waals surface area contributed by atoms with E-state index in [2.05, 4.69) is 5.32 Å². The predicted octanol–water partition coefficient (Wildman–Crippen LogP) is 0.314. The highest BCUT2D eigenvalue weighted by atomic mass is 19.1. The third-order valence-electron chi connectivity index (χ3n) is 2.05. The molecule has 5 N–H and O–H groups in total. The van der Waals surface area contributed by atoms with Crippen LogP contribution in [-0.2, 0) is 4.79 Å². The molecule has 0 rings (SSSR count). The Morgan fingerprint density at radius 2 is 2.25 bits per heavy atom. The molecule has 0 heterocycles. The number of aliphatic carboxylic acids is 1. The fourth-order valence-electron chi connectivity index (χ4n) is 0.970. The van der Waals surface area contributed by atoms with Crippen molar-refractivity contribution < 1.29 is 14.3 Å². The van der Waals surface area contributed by atoms with Gasteiger partial charge in [-0.25, -0.2) is 4.39 Å². The molecular weight excluding hydrogens is 213 g/mol. The first-order chi connectivity index (χ1) is 7.56. The highest BCUT2D eigenvalue weighted by molar-refractivity contribution is 5.78. The highest BCUT2D eigenvalue weighted by Gasteiger charge is 2.32. The summed E-state index contributed by atoms with van der Waals surface area (Å²) in [5.74, 6) is -1.33. The Labute approximate surface area is 94.0 Å². The molecule has 1 atom stereocenters. The van der Waals surface area contributed by atoms with Crippen molar-refractivity contribution in [3.63, 3.8) is 0 Å². The smallest absolute Gasteiger partial charge is 0.326 e. The summed E-state index contributed by atoms with van der Waals surface area (Å²) >= 11 is 0. The molecule has 0 bridgehead atoms. The molecule has 0 aliphatic heterocycles. The molecule has 0 aliphatic rings. The second-order valence-electron chi connectivity index (χ2n) is 3.47.